The third-order valence-corrected chi connectivity index (χ3v) is 7.68. The second-order valence-electron chi connectivity index (χ2n) is 9.89. The van der Waals surface area contributed by atoms with Crippen LogP contribution in [0.3, 0.4) is 0 Å². The van der Waals surface area contributed by atoms with Crippen LogP contribution < -0.4 is 10.2 Å². The lowest BCUT2D eigenvalue weighted by Gasteiger charge is -2.55. The van der Waals surface area contributed by atoms with Crippen molar-refractivity contribution in [1.82, 2.24) is 15.4 Å². The molecule has 1 spiro atoms. The van der Waals surface area contributed by atoms with Crippen LogP contribution in [0.25, 0.3) is 11.0 Å². The number of halogens is 1. The molecule has 0 bridgehead atoms. The molecule has 4 aliphatic rings. The molecule has 11 nitrogen and oxygen atoms in total. The molecule has 1 aromatic carbocycles. The standard InChI is InChI=1S/C24H25FN4O7/c1-11-10-29-19-13(9-24(21(29)12(2)35-11)15(30)8-16(31)26-23(24)33)7-14-18(27-36-20(14)17(19)25)22(32)28-3-5-34-6-4-28/h7,11-12,21H,3-6,8-10H2,1-2H3,(H,26,31,33)/t11-,12+,21-,24?/m1/s1. The molecular weight excluding hydrogens is 475 g/mol. The monoisotopic (exact) mass is 500 g/mol. The molecule has 4 atom stereocenters. The van der Waals surface area contributed by atoms with Crippen molar-refractivity contribution in [3.63, 3.8) is 0 Å². The summed E-state index contributed by atoms with van der Waals surface area (Å²) in [5, 5.41) is 6.38. The van der Waals surface area contributed by atoms with E-state index in [1.54, 1.807) is 22.8 Å². The largest absolute Gasteiger partial charge is 0.378 e. The number of Topliss-reactive ketones (excluding diaryl/α,β-unsaturated/α-hetero) is 1. The van der Waals surface area contributed by atoms with Crippen molar-refractivity contribution < 1.29 is 37.6 Å². The third-order valence-electron chi connectivity index (χ3n) is 7.68. The lowest BCUT2D eigenvalue weighted by molar-refractivity contribution is -0.158. The van der Waals surface area contributed by atoms with Crippen molar-refractivity contribution in [2.75, 3.05) is 37.7 Å². The molecule has 0 radical (unpaired) electrons. The first-order valence-corrected chi connectivity index (χ1v) is 12.0. The third kappa shape index (κ3) is 3.13. The summed E-state index contributed by atoms with van der Waals surface area (Å²) >= 11 is 0. The summed E-state index contributed by atoms with van der Waals surface area (Å²) in [5.41, 5.74) is -1.29. The highest BCUT2D eigenvalue weighted by molar-refractivity contribution is 6.22. The minimum atomic E-state index is -1.65. The predicted octanol–water partition coefficient (Wildman–Crippen LogP) is 0.580. The van der Waals surface area contributed by atoms with Gasteiger partial charge in [-0.05, 0) is 31.9 Å². The quantitative estimate of drug-likeness (QED) is 0.441. The Balaban J connectivity index is 1.53. The Bertz CT molecular complexity index is 1300. The number of imide groups is 1. The molecule has 36 heavy (non-hydrogen) atoms. The molecule has 1 N–H and O–H groups in total. The number of ether oxygens (including phenoxy) is 2. The highest BCUT2D eigenvalue weighted by Crippen LogP contribution is 2.50. The number of nitrogens with one attached hydrogen (secondary N) is 1. The van der Waals surface area contributed by atoms with Gasteiger partial charge in [0.1, 0.15) is 5.41 Å². The highest BCUT2D eigenvalue weighted by atomic mass is 19.1. The molecule has 4 aliphatic heterocycles. The summed E-state index contributed by atoms with van der Waals surface area (Å²) in [7, 11) is 0. The lowest BCUT2D eigenvalue weighted by atomic mass is 9.63. The average Bonchev–Trinajstić information content (AvgIpc) is 3.26. The van der Waals surface area contributed by atoms with E-state index in [1.165, 1.54) is 0 Å². The Kier molecular flexibility index (Phi) is 5.16. The van der Waals surface area contributed by atoms with E-state index in [4.69, 9.17) is 14.0 Å². The molecule has 3 saturated heterocycles. The normalized spacial score (nSPS) is 30.4. The number of ketones is 1. The molecule has 12 heteroatoms. The van der Waals surface area contributed by atoms with Gasteiger partial charge in [-0.1, -0.05) is 5.16 Å². The van der Waals surface area contributed by atoms with Crippen LogP contribution in [-0.2, 0) is 30.3 Å². The molecular formula is C24H25FN4O7. The number of fused-ring (bicyclic) bond motifs is 5. The molecule has 6 rings (SSSR count). The Hall–Kier alpha value is -3.38. The number of carbonyl (C=O) groups is 4. The molecule has 1 aromatic heterocycles. The van der Waals surface area contributed by atoms with Gasteiger partial charge in [0, 0.05) is 19.6 Å². The smallest absolute Gasteiger partial charge is 0.276 e. The van der Waals surface area contributed by atoms with E-state index in [-0.39, 0.29) is 41.4 Å². The fourth-order valence-electron chi connectivity index (χ4n) is 6.22. The van der Waals surface area contributed by atoms with Gasteiger partial charge in [0.25, 0.3) is 5.91 Å². The fraction of sp³-hybridized carbons (Fsp3) is 0.542. The predicted molar refractivity (Wildman–Crippen MR) is 121 cm³/mol. The van der Waals surface area contributed by atoms with E-state index >= 15 is 4.39 Å². The first-order valence-electron chi connectivity index (χ1n) is 12.0. The number of hydrogen-bond donors (Lipinski definition) is 1. The molecule has 190 valence electrons. The zero-order chi connectivity index (χ0) is 25.4. The summed E-state index contributed by atoms with van der Waals surface area (Å²) in [6.07, 6.45) is -1.52. The van der Waals surface area contributed by atoms with Gasteiger partial charge in [-0.2, -0.15) is 0 Å². The molecule has 3 amide bonds. The van der Waals surface area contributed by atoms with Crippen LogP contribution in [0.2, 0.25) is 0 Å². The van der Waals surface area contributed by atoms with Crippen LogP contribution in [0.15, 0.2) is 10.6 Å². The number of benzene rings is 1. The van der Waals surface area contributed by atoms with E-state index < -0.39 is 53.3 Å². The van der Waals surface area contributed by atoms with Crippen molar-refractivity contribution >= 4 is 40.2 Å². The Morgan fingerprint density at radius 3 is 2.69 bits per heavy atom. The maximum absolute atomic E-state index is 16.1. The van der Waals surface area contributed by atoms with Gasteiger partial charge in [0.15, 0.2) is 17.3 Å². The summed E-state index contributed by atoms with van der Waals surface area (Å²) in [6.45, 7) is 5.30. The minimum Gasteiger partial charge on any atom is -0.378 e. The first kappa shape index (κ1) is 23.0. The zero-order valence-corrected chi connectivity index (χ0v) is 19.8. The van der Waals surface area contributed by atoms with Gasteiger partial charge in [-0.25, -0.2) is 4.39 Å². The van der Waals surface area contributed by atoms with Gasteiger partial charge in [-0.3, -0.25) is 24.5 Å². The Morgan fingerprint density at radius 1 is 1.22 bits per heavy atom. The maximum atomic E-state index is 16.1. The van der Waals surface area contributed by atoms with E-state index in [0.29, 0.717) is 31.9 Å². The fourth-order valence-corrected chi connectivity index (χ4v) is 6.22. The number of anilines is 1. The van der Waals surface area contributed by atoms with Gasteiger partial charge >= 0.3 is 0 Å². The van der Waals surface area contributed by atoms with Crippen LogP contribution in [-0.4, -0.2) is 84.7 Å². The minimum absolute atomic E-state index is 0.0388. The second kappa shape index (κ2) is 8.07. The summed E-state index contributed by atoms with van der Waals surface area (Å²) < 4.78 is 32.7. The van der Waals surface area contributed by atoms with Crippen molar-refractivity contribution in [3.05, 3.63) is 23.1 Å². The van der Waals surface area contributed by atoms with Crippen molar-refractivity contribution in [2.24, 2.45) is 5.41 Å². The van der Waals surface area contributed by atoms with E-state index in [9.17, 15) is 19.2 Å². The number of nitrogens with zero attached hydrogens (tertiary/aromatic N) is 3. The Labute approximate surface area is 204 Å². The van der Waals surface area contributed by atoms with Crippen LogP contribution >= 0.6 is 0 Å². The van der Waals surface area contributed by atoms with E-state index in [0.717, 1.165) is 0 Å². The van der Waals surface area contributed by atoms with Crippen molar-refractivity contribution in [3.8, 4) is 0 Å². The van der Waals surface area contributed by atoms with Crippen LogP contribution in [0, 0.1) is 11.2 Å². The molecule has 2 aromatic rings. The van der Waals surface area contributed by atoms with Crippen molar-refractivity contribution in [2.45, 2.75) is 44.9 Å². The topological polar surface area (TPSA) is 131 Å². The van der Waals surface area contributed by atoms with Crippen LogP contribution in [0.4, 0.5) is 10.1 Å². The van der Waals surface area contributed by atoms with Gasteiger partial charge in [0.2, 0.25) is 17.4 Å². The van der Waals surface area contributed by atoms with Crippen LogP contribution in [0.5, 0.6) is 0 Å². The number of aromatic nitrogens is 1. The van der Waals surface area contributed by atoms with Gasteiger partial charge in [0.05, 0.1) is 49.0 Å². The molecule has 0 aliphatic carbocycles. The van der Waals surface area contributed by atoms with Gasteiger partial charge < -0.3 is 23.8 Å². The number of amides is 3. The number of carbonyl (C=O) groups excluding carboxylic acids is 4. The van der Waals surface area contributed by atoms with Gasteiger partial charge in [-0.15, -0.1) is 0 Å². The number of piperidine rings is 1. The summed E-state index contributed by atoms with van der Waals surface area (Å²) in [4.78, 5) is 55.1. The maximum Gasteiger partial charge on any atom is 0.276 e. The van der Waals surface area contributed by atoms with E-state index in [2.05, 4.69) is 10.5 Å². The summed E-state index contributed by atoms with van der Waals surface area (Å²) in [5.74, 6) is -3.03. The van der Waals surface area contributed by atoms with Crippen LogP contribution in [0.1, 0.15) is 36.3 Å². The molecule has 5 heterocycles. The van der Waals surface area contributed by atoms with E-state index in [1.807, 2.05) is 6.92 Å². The first-order chi connectivity index (χ1) is 17.2. The second-order valence-corrected chi connectivity index (χ2v) is 9.89. The number of hydrogen-bond acceptors (Lipinski definition) is 9. The lowest BCUT2D eigenvalue weighted by Crippen LogP contribution is -2.72. The molecule has 3 fully saturated rings. The van der Waals surface area contributed by atoms with Crippen molar-refractivity contribution in [1.29, 1.82) is 0 Å². The molecule has 1 unspecified atom stereocenters. The average molecular weight is 500 g/mol. The zero-order valence-electron chi connectivity index (χ0n) is 19.8. The number of morpholine rings is 2. The highest BCUT2D eigenvalue weighted by Gasteiger charge is 2.62. The molecule has 0 saturated carbocycles. The SMILES string of the molecule is C[C@@H]1CN2c3c(cc4c(C(=O)N5CCOCC5)noc4c3F)CC3(C(=O)CC(=O)NC3=O)[C@H]2[C@H](C)O1. The summed E-state index contributed by atoms with van der Waals surface area (Å²) in [6, 6.07) is 0.753. The Morgan fingerprint density at radius 2 is 1.97 bits per heavy atom. The number of rotatable bonds is 1.